The number of amides is 1. The Morgan fingerprint density at radius 3 is 2.60 bits per heavy atom. The van der Waals surface area contributed by atoms with Crippen LogP contribution in [0.25, 0.3) is 0 Å². The molecule has 0 saturated heterocycles. The Bertz CT molecular complexity index is 631. The Morgan fingerprint density at radius 1 is 1.40 bits per heavy atom. The van der Waals surface area contributed by atoms with E-state index in [0.29, 0.717) is 4.47 Å². The third kappa shape index (κ3) is 4.70. The number of benzene rings is 1. The van der Waals surface area contributed by atoms with Gasteiger partial charge in [0.25, 0.3) is 0 Å². The lowest BCUT2D eigenvalue weighted by molar-refractivity contribution is 0.0696. The Balaban J connectivity index is 2.94. The fourth-order valence-electron chi connectivity index (χ4n) is 1.18. The van der Waals surface area contributed by atoms with Crippen molar-refractivity contribution in [2.75, 3.05) is 11.3 Å². The van der Waals surface area contributed by atoms with E-state index < -0.39 is 22.3 Å². The van der Waals surface area contributed by atoms with E-state index >= 15 is 0 Å². The number of nitrogens with one attached hydrogen (secondary N) is 2. The molecule has 0 spiro atoms. The topological polar surface area (TPSA) is 122 Å². The van der Waals surface area contributed by atoms with Gasteiger partial charge < -0.3 is 9.84 Å². The van der Waals surface area contributed by atoms with Crippen LogP contribution in [0.5, 0.6) is 0 Å². The van der Waals surface area contributed by atoms with Gasteiger partial charge in [0, 0.05) is 4.47 Å². The first kappa shape index (κ1) is 16.2. The average Bonchev–Trinajstić information content (AvgIpc) is 2.30. The van der Waals surface area contributed by atoms with Crippen molar-refractivity contribution in [1.82, 2.24) is 4.72 Å². The largest absolute Gasteiger partial charge is 0.478 e. The fourth-order valence-corrected chi connectivity index (χ4v) is 2.44. The molecule has 0 aliphatic rings. The highest BCUT2D eigenvalue weighted by Gasteiger charge is 2.17. The zero-order valence-electron chi connectivity index (χ0n) is 10.2. The average molecular weight is 367 g/mol. The summed E-state index contributed by atoms with van der Waals surface area (Å²) in [7, 11) is -4.22. The highest BCUT2D eigenvalue weighted by molar-refractivity contribution is 9.10. The van der Waals surface area contributed by atoms with E-state index in [0.717, 1.165) is 6.07 Å². The molecule has 110 valence electrons. The Hall–Kier alpha value is -1.81. The van der Waals surface area contributed by atoms with Crippen LogP contribution in [-0.4, -0.2) is 32.2 Å². The van der Waals surface area contributed by atoms with Gasteiger partial charge in [-0.25, -0.2) is 14.3 Å². The number of carboxylic acid groups (broad SMARTS) is 1. The van der Waals surface area contributed by atoms with E-state index in [1.54, 1.807) is 4.72 Å². The Kier molecular flexibility index (Phi) is 5.34. The second-order valence-corrected chi connectivity index (χ2v) is 5.70. The molecule has 0 aliphatic carbocycles. The summed E-state index contributed by atoms with van der Waals surface area (Å²) in [5.41, 5.74) is -0.135. The first-order valence-corrected chi connectivity index (χ1v) is 7.53. The molecule has 1 aromatic rings. The van der Waals surface area contributed by atoms with Gasteiger partial charge in [0.2, 0.25) is 0 Å². The Morgan fingerprint density at radius 2 is 2.05 bits per heavy atom. The highest BCUT2D eigenvalue weighted by atomic mass is 79.9. The van der Waals surface area contributed by atoms with Gasteiger partial charge in [0.1, 0.15) is 0 Å². The maximum atomic E-state index is 11.6. The molecule has 1 amide bonds. The molecular formula is C10H11BrN2O6S. The van der Waals surface area contributed by atoms with Crippen LogP contribution < -0.4 is 9.44 Å². The minimum atomic E-state index is -4.22. The van der Waals surface area contributed by atoms with Gasteiger partial charge in [-0.3, -0.25) is 4.72 Å². The third-order valence-electron chi connectivity index (χ3n) is 1.95. The van der Waals surface area contributed by atoms with Crippen molar-refractivity contribution < 1.29 is 27.9 Å². The molecule has 0 unspecified atom stereocenters. The molecule has 20 heavy (non-hydrogen) atoms. The molecule has 8 nitrogen and oxygen atoms in total. The minimum absolute atomic E-state index is 0.0134. The van der Waals surface area contributed by atoms with Crippen LogP contribution in [-0.2, 0) is 14.9 Å². The predicted molar refractivity (Wildman–Crippen MR) is 73.8 cm³/mol. The first-order valence-electron chi connectivity index (χ1n) is 5.25. The molecule has 0 bridgehead atoms. The quantitative estimate of drug-likeness (QED) is 0.726. The molecular weight excluding hydrogens is 356 g/mol. The summed E-state index contributed by atoms with van der Waals surface area (Å²) in [6, 6.07) is 3.77. The molecule has 0 atom stereocenters. The molecule has 0 saturated carbocycles. The zero-order valence-corrected chi connectivity index (χ0v) is 12.6. The molecule has 1 rings (SSSR count). The van der Waals surface area contributed by atoms with Crippen LogP contribution in [0.1, 0.15) is 17.3 Å². The summed E-state index contributed by atoms with van der Waals surface area (Å²) in [5, 5.41) is 8.83. The normalized spacial score (nSPS) is 10.7. The van der Waals surface area contributed by atoms with Crippen LogP contribution in [0.2, 0.25) is 0 Å². The van der Waals surface area contributed by atoms with E-state index in [1.807, 2.05) is 4.72 Å². The summed E-state index contributed by atoms with van der Waals surface area (Å²) in [5.74, 6) is -1.21. The minimum Gasteiger partial charge on any atom is -0.478 e. The van der Waals surface area contributed by atoms with Crippen LogP contribution in [0.4, 0.5) is 10.5 Å². The number of aromatic carboxylic acids is 1. The number of rotatable bonds is 5. The molecule has 0 fully saturated rings. The third-order valence-corrected chi connectivity index (χ3v) is 3.57. The van der Waals surface area contributed by atoms with Gasteiger partial charge >= 0.3 is 22.3 Å². The monoisotopic (exact) mass is 366 g/mol. The number of carbonyl (C=O) groups is 2. The van der Waals surface area contributed by atoms with Gasteiger partial charge in [0.05, 0.1) is 17.9 Å². The maximum absolute atomic E-state index is 11.6. The van der Waals surface area contributed by atoms with Gasteiger partial charge in [0.15, 0.2) is 0 Å². The number of hydrogen-bond donors (Lipinski definition) is 3. The molecule has 10 heteroatoms. The van der Waals surface area contributed by atoms with Crippen LogP contribution in [0.3, 0.4) is 0 Å². The summed E-state index contributed by atoms with van der Waals surface area (Å²) in [6.07, 6.45) is -1.13. The van der Waals surface area contributed by atoms with Gasteiger partial charge in [-0.1, -0.05) is 0 Å². The lowest BCUT2D eigenvalue weighted by atomic mass is 10.2. The fraction of sp³-hybridized carbons (Fsp3) is 0.200. The standard InChI is InChI=1S/C10H11BrN2O6S/c1-2-19-10(16)13-20(17,18)12-8-5-6(9(14)15)3-4-7(8)11/h3-5,12H,2H2,1H3,(H,13,16)(H,14,15). The Labute approximate surface area is 123 Å². The number of anilines is 1. The van der Waals surface area contributed by atoms with Gasteiger partial charge in [-0.2, -0.15) is 8.42 Å². The number of carbonyl (C=O) groups excluding carboxylic acids is 1. The zero-order chi connectivity index (χ0) is 15.3. The van der Waals surface area contributed by atoms with E-state index in [9.17, 15) is 18.0 Å². The SMILES string of the molecule is CCOC(=O)NS(=O)(=O)Nc1cc(C(=O)O)ccc1Br. The smallest absolute Gasteiger partial charge is 0.422 e. The van der Waals surface area contributed by atoms with Gasteiger partial charge in [-0.05, 0) is 41.1 Å². The predicted octanol–water partition coefficient (Wildman–Crippen LogP) is 1.55. The van der Waals surface area contributed by atoms with Crippen LogP contribution >= 0.6 is 15.9 Å². The summed E-state index contributed by atoms with van der Waals surface area (Å²) < 4.78 is 31.6. The molecule has 1 aromatic carbocycles. The molecule has 0 heterocycles. The van der Waals surface area contributed by atoms with E-state index in [4.69, 9.17) is 5.11 Å². The van der Waals surface area contributed by atoms with Crippen molar-refractivity contribution in [2.24, 2.45) is 0 Å². The van der Waals surface area contributed by atoms with Crippen LogP contribution in [0, 0.1) is 0 Å². The summed E-state index contributed by atoms with van der Waals surface area (Å²) >= 11 is 3.07. The van der Waals surface area contributed by atoms with Crippen molar-refractivity contribution in [3.63, 3.8) is 0 Å². The lowest BCUT2D eigenvalue weighted by Crippen LogP contribution is -2.35. The second-order valence-electron chi connectivity index (χ2n) is 3.43. The number of carboxylic acids is 1. The maximum Gasteiger partial charge on any atom is 0.422 e. The molecule has 0 aromatic heterocycles. The summed E-state index contributed by atoms with van der Waals surface area (Å²) in [4.78, 5) is 21.9. The number of hydrogen-bond acceptors (Lipinski definition) is 5. The second kappa shape index (κ2) is 6.57. The van der Waals surface area contributed by atoms with Crippen molar-refractivity contribution >= 4 is 43.9 Å². The molecule has 3 N–H and O–H groups in total. The van der Waals surface area contributed by atoms with E-state index in [-0.39, 0.29) is 17.9 Å². The van der Waals surface area contributed by atoms with E-state index in [1.165, 1.54) is 19.1 Å². The highest BCUT2D eigenvalue weighted by Crippen LogP contribution is 2.24. The van der Waals surface area contributed by atoms with Crippen molar-refractivity contribution in [2.45, 2.75) is 6.92 Å². The van der Waals surface area contributed by atoms with Crippen molar-refractivity contribution in [1.29, 1.82) is 0 Å². The van der Waals surface area contributed by atoms with E-state index in [2.05, 4.69) is 20.7 Å². The van der Waals surface area contributed by atoms with Crippen LogP contribution in [0.15, 0.2) is 22.7 Å². The summed E-state index contributed by atoms with van der Waals surface area (Å²) in [6.45, 7) is 1.53. The number of ether oxygens (including phenoxy) is 1. The van der Waals surface area contributed by atoms with Crippen molar-refractivity contribution in [3.05, 3.63) is 28.2 Å². The molecule has 0 aliphatic heterocycles. The lowest BCUT2D eigenvalue weighted by Gasteiger charge is -2.11. The number of halogens is 1. The molecule has 0 radical (unpaired) electrons. The van der Waals surface area contributed by atoms with Gasteiger partial charge in [-0.15, -0.1) is 0 Å². The van der Waals surface area contributed by atoms with Crippen molar-refractivity contribution in [3.8, 4) is 0 Å². The first-order chi connectivity index (χ1) is 9.25.